The number of benzene rings is 3. The number of aliphatic carboxylic acids is 1. The average Bonchev–Trinajstić information content (AvgIpc) is 2.97. The SMILES string of the molecule is COC(=O)c1cccc(NC(=O)[C@H](OC(=O)c2cccc(C(F)(F)F)c2)[C@H](OC(=O)c2cccc(C(F)(F)F)c2)C(=O)O)c1. The molecule has 0 heterocycles. The third-order valence-corrected chi connectivity index (χ3v) is 5.65. The molecule has 0 unspecified atom stereocenters. The van der Waals surface area contributed by atoms with Crippen molar-refractivity contribution in [3.05, 3.63) is 101 Å². The van der Waals surface area contributed by atoms with Crippen molar-refractivity contribution in [3.8, 4) is 0 Å². The summed E-state index contributed by atoms with van der Waals surface area (Å²) >= 11 is 0. The van der Waals surface area contributed by atoms with E-state index in [-0.39, 0.29) is 11.3 Å². The third-order valence-electron chi connectivity index (χ3n) is 5.65. The smallest absolute Gasteiger partial charge is 0.416 e. The lowest BCUT2D eigenvalue weighted by atomic mass is 10.1. The normalized spacial score (nSPS) is 12.8. The van der Waals surface area contributed by atoms with Gasteiger partial charge in [-0.15, -0.1) is 0 Å². The summed E-state index contributed by atoms with van der Waals surface area (Å²) in [5.74, 6) is -7.79. The summed E-state index contributed by atoms with van der Waals surface area (Å²) in [4.78, 5) is 62.7. The van der Waals surface area contributed by atoms with Gasteiger partial charge in [0.25, 0.3) is 5.91 Å². The molecule has 0 saturated carbocycles. The molecule has 2 N–H and O–H groups in total. The molecule has 3 aromatic rings. The number of carbonyl (C=O) groups excluding carboxylic acids is 4. The largest absolute Gasteiger partial charge is 0.478 e. The maximum Gasteiger partial charge on any atom is 0.416 e. The van der Waals surface area contributed by atoms with E-state index in [4.69, 9.17) is 9.47 Å². The molecule has 0 aliphatic rings. The Labute approximate surface area is 243 Å². The molecule has 0 aromatic heterocycles. The highest BCUT2D eigenvalue weighted by molar-refractivity contribution is 6.02. The third kappa shape index (κ3) is 8.33. The van der Waals surface area contributed by atoms with Gasteiger partial charge in [-0.2, -0.15) is 26.3 Å². The van der Waals surface area contributed by atoms with Crippen LogP contribution < -0.4 is 5.32 Å². The van der Waals surface area contributed by atoms with Gasteiger partial charge >= 0.3 is 36.2 Å². The summed E-state index contributed by atoms with van der Waals surface area (Å²) in [6, 6.07) is 10.1. The van der Waals surface area contributed by atoms with Gasteiger partial charge in [-0.1, -0.05) is 18.2 Å². The number of alkyl halides is 6. The minimum absolute atomic E-state index is 0.0893. The molecular weight excluding hydrogens is 608 g/mol. The van der Waals surface area contributed by atoms with Gasteiger partial charge in [0.2, 0.25) is 12.2 Å². The molecule has 0 saturated heterocycles. The molecule has 0 bridgehead atoms. The number of carboxylic acid groups (broad SMARTS) is 1. The number of hydrogen-bond donors (Lipinski definition) is 2. The van der Waals surface area contributed by atoms with E-state index in [9.17, 15) is 55.4 Å². The fourth-order valence-corrected chi connectivity index (χ4v) is 3.56. The van der Waals surface area contributed by atoms with Crippen LogP contribution in [0.4, 0.5) is 32.0 Å². The summed E-state index contributed by atoms with van der Waals surface area (Å²) in [7, 11) is 1.06. The van der Waals surface area contributed by atoms with Crippen LogP contribution in [0.1, 0.15) is 42.2 Å². The van der Waals surface area contributed by atoms with Crippen molar-refractivity contribution in [1.82, 2.24) is 0 Å². The van der Waals surface area contributed by atoms with Crippen LogP contribution >= 0.6 is 0 Å². The monoisotopic (exact) mass is 627 g/mol. The van der Waals surface area contributed by atoms with E-state index >= 15 is 0 Å². The number of rotatable bonds is 9. The molecule has 10 nitrogen and oxygen atoms in total. The van der Waals surface area contributed by atoms with Crippen LogP contribution in [0.5, 0.6) is 0 Å². The molecule has 0 aliphatic carbocycles. The van der Waals surface area contributed by atoms with Crippen LogP contribution in [0.15, 0.2) is 72.8 Å². The number of carbonyl (C=O) groups is 5. The Balaban J connectivity index is 2.00. The van der Waals surface area contributed by atoms with Crippen molar-refractivity contribution >= 4 is 35.5 Å². The highest BCUT2D eigenvalue weighted by Gasteiger charge is 2.42. The molecule has 16 heteroatoms. The number of carboxylic acids is 1. The maximum absolute atomic E-state index is 13.2. The summed E-state index contributed by atoms with van der Waals surface area (Å²) in [5, 5.41) is 11.9. The predicted molar refractivity (Wildman–Crippen MR) is 135 cm³/mol. The first kappa shape index (κ1) is 33.1. The first-order valence-corrected chi connectivity index (χ1v) is 12.0. The van der Waals surface area contributed by atoms with Gasteiger partial charge in [-0.05, 0) is 54.6 Å². The number of methoxy groups -OCH3 is 1. The van der Waals surface area contributed by atoms with Crippen molar-refractivity contribution in [1.29, 1.82) is 0 Å². The fraction of sp³-hybridized carbons (Fsp3) is 0.179. The van der Waals surface area contributed by atoms with Gasteiger partial charge < -0.3 is 24.6 Å². The van der Waals surface area contributed by atoms with E-state index in [0.717, 1.165) is 37.4 Å². The number of anilines is 1. The van der Waals surface area contributed by atoms with E-state index in [1.165, 1.54) is 18.2 Å². The zero-order valence-corrected chi connectivity index (χ0v) is 22.1. The molecule has 0 fully saturated rings. The summed E-state index contributed by atoms with van der Waals surface area (Å²) < 4.78 is 93.1. The van der Waals surface area contributed by atoms with E-state index in [1.54, 1.807) is 0 Å². The molecule has 0 aliphatic heterocycles. The molecule has 3 aromatic carbocycles. The number of hydrogen-bond acceptors (Lipinski definition) is 8. The molecule has 3 rings (SSSR count). The Bertz CT molecular complexity index is 1590. The number of ether oxygens (including phenoxy) is 3. The van der Waals surface area contributed by atoms with Crippen molar-refractivity contribution in [2.45, 2.75) is 24.6 Å². The lowest BCUT2D eigenvalue weighted by molar-refractivity contribution is -0.157. The van der Waals surface area contributed by atoms with E-state index in [0.29, 0.717) is 24.3 Å². The Hall–Kier alpha value is -5.41. The molecular formula is C28H19F6NO9. The highest BCUT2D eigenvalue weighted by Crippen LogP contribution is 2.31. The van der Waals surface area contributed by atoms with Gasteiger partial charge in [-0.25, -0.2) is 19.2 Å². The fourth-order valence-electron chi connectivity index (χ4n) is 3.56. The predicted octanol–water partition coefficient (Wildman–Crippen LogP) is 4.99. The molecule has 44 heavy (non-hydrogen) atoms. The van der Waals surface area contributed by atoms with Crippen molar-refractivity contribution < 1.29 is 69.6 Å². The molecule has 0 spiro atoms. The van der Waals surface area contributed by atoms with Crippen LogP contribution in [0.3, 0.4) is 0 Å². The molecule has 232 valence electrons. The Kier molecular flexibility index (Phi) is 9.98. The van der Waals surface area contributed by atoms with Crippen LogP contribution in [0.2, 0.25) is 0 Å². The zero-order valence-electron chi connectivity index (χ0n) is 22.1. The van der Waals surface area contributed by atoms with Gasteiger partial charge in [0.05, 0.1) is 34.9 Å². The van der Waals surface area contributed by atoms with Gasteiger partial charge in [0.15, 0.2) is 0 Å². The van der Waals surface area contributed by atoms with Crippen LogP contribution in [-0.4, -0.2) is 54.2 Å². The summed E-state index contributed by atoms with van der Waals surface area (Å²) in [5.41, 5.74) is -4.44. The van der Waals surface area contributed by atoms with Crippen molar-refractivity contribution in [2.75, 3.05) is 12.4 Å². The summed E-state index contributed by atoms with van der Waals surface area (Å²) in [6.45, 7) is 0. The molecule has 2 atom stereocenters. The lowest BCUT2D eigenvalue weighted by Gasteiger charge is -2.24. The highest BCUT2D eigenvalue weighted by atomic mass is 19.4. The quantitative estimate of drug-likeness (QED) is 0.191. The second kappa shape index (κ2) is 13.3. The zero-order chi connectivity index (χ0) is 32.8. The van der Waals surface area contributed by atoms with E-state index in [2.05, 4.69) is 10.1 Å². The topological polar surface area (TPSA) is 145 Å². The number of esters is 3. The molecule has 1 amide bonds. The van der Waals surface area contributed by atoms with Crippen LogP contribution in [0, 0.1) is 0 Å². The Morgan fingerprint density at radius 2 is 1.09 bits per heavy atom. The van der Waals surface area contributed by atoms with Crippen LogP contribution in [0.25, 0.3) is 0 Å². The minimum atomic E-state index is -4.90. The minimum Gasteiger partial charge on any atom is -0.478 e. The Morgan fingerprint density at radius 1 is 0.659 bits per heavy atom. The molecule has 0 radical (unpaired) electrons. The van der Waals surface area contributed by atoms with Gasteiger partial charge in [0.1, 0.15) is 0 Å². The standard InChI is InChI=1S/C28H19F6NO9/c1-42-24(39)16-7-4-10-19(13-16)35-22(36)20(43-25(40)14-5-2-8-17(11-14)27(29,30)31)21(23(37)38)44-26(41)15-6-3-9-18(12-15)28(32,33)34/h2-13,20-21H,1H3,(H,35,36)(H,37,38)/t20-,21+/m1/s1. The average molecular weight is 627 g/mol. The van der Waals surface area contributed by atoms with Crippen LogP contribution in [-0.2, 0) is 36.2 Å². The number of halogens is 6. The Morgan fingerprint density at radius 3 is 1.52 bits per heavy atom. The second-order valence-electron chi connectivity index (χ2n) is 8.71. The van der Waals surface area contributed by atoms with E-state index in [1.807, 2.05) is 0 Å². The van der Waals surface area contributed by atoms with Crippen molar-refractivity contribution in [3.63, 3.8) is 0 Å². The van der Waals surface area contributed by atoms with Crippen molar-refractivity contribution in [2.24, 2.45) is 0 Å². The number of amides is 1. The maximum atomic E-state index is 13.2. The summed E-state index contributed by atoms with van der Waals surface area (Å²) in [6.07, 6.45) is -15.1. The first-order valence-electron chi connectivity index (χ1n) is 12.0. The first-order chi connectivity index (χ1) is 20.5. The lowest BCUT2D eigenvalue weighted by Crippen LogP contribution is -2.48. The van der Waals surface area contributed by atoms with Gasteiger partial charge in [-0.3, -0.25) is 4.79 Å². The van der Waals surface area contributed by atoms with Gasteiger partial charge in [0, 0.05) is 5.69 Å². The second-order valence-corrected chi connectivity index (χ2v) is 8.71. The number of nitrogens with one attached hydrogen (secondary N) is 1. The van der Waals surface area contributed by atoms with E-state index < -0.39 is 76.6 Å².